The summed E-state index contributed by atoms with van der Waals surface area (Å²) in [6.45, 7) is 5.62. The van der Waals surface area contributed by atoms with Crippen molar-refractivity contribution in [1.82, 2.24) is 20.2 Å². The van der Waals surface area contributed by atoms with E-state index in [1.807, 2.05) is 13.8 Å². The van der Waals surface area contributed by atoms with Crippen LogP contribution in [0.4, 0.5) is 5.69 Å². The number of benzene rings is 1. The lowest BCUT2D eigenvalue weighted by Crippen LogP contribution is -2.23. The van der Waals surface area contributed by atoms with Crippen LogP contribution in [0.15, 0.2) is 34.3 Å². The molecule has 0 saturated carbocycles. The number of amides is 1. The molecule has 130 valence electrons. The van der Waals surface area contributed by atoms with E-state index in [1.54, 1.807) is 11.6 Å². The number of nitrogens with one attached hydrogen (secondary N) is 1. The number of hydrogen-bond acceptors (Lipinski definition) is 7. The number of nitrogens with zero attached hydrogens (tertiary/aromatic N) is 4. The molecule has 0 radical (unpaired) electrons. The zero-order chi connectivity index (χ0) is 17.9. The number of nitrogens with two attached hydrogens (primary N) is 1. The summed E-state index contributed by atoms with van der Waals surface area (Å²) >= 11 is 1.24. The molecule has 0 saturated heterocycles. The quantitative estimate of drug-likeness (QED) is 0.725. The SMILES string of the molecule is CC(C)n1nnnc1S[C@H](C)C(=O)Nc1ccc(S(N)(=O)=O)cc1. The topological polar surface area (TPSA) is 133 Å². The lowest BCUT2D eigenvalue weighted by atomic mass is 10.3. The van der Waals surface area contributed by atoms with E-state index in [9.17, 15) is 13.2 Å². The van der Waals surface area contributed by atoms with Gasteiger partial charge in [0.1, 0.15) is 0 Å². The minimum absolute atomic E-state index is 0.0148. The summed E-state index contributed by atoms with van der Waals surface area (Å²) in [6.07, 6.45) is 0. The first-order valence-corrected chi connectivity index (χ1v) is 9.49. The highest BCUT2D eigenvalue weighted by Crippen LogP contribution is 2.23. The summed E-state index contributed by atoms with van der Waals surface area (Å²) in [5, 5.41) is 19.3. The molecule has 0 fully saturated rings. The Morgan fingerprint density at radius 2 is 1.88 bits per heavy atom. The summed E-state index contributed by atoms with van der Waals surface area (Å²) in [4.78, 5) is 12.2. The number of carbonyl (C=O) groups is 1. The van der Waals surface area contributed by atoms with Gasteiger partial charge in [-0.2, -0.15) is 0 Å². The first-order chi connectivity index (χ1) is 11.2. The Hall–Kier alpha value is -1.98. The van der Waals surface area contributed by atoms with Crippen molar-refractivity contribution in [2.24, 2.45) is 5.14 Å². The van der Waals surface area contributed by atoms with Gasteiger partial charge in [-0.05, 0) is 55.5 Å². The monoisotopic (exact) mass is 370 g/mol. The largest absolute Gasteiger partial charge is 0.325 e. The predicted molar refractivity (Wildman–Crippen MR) is 90.0 cm³/mol. The van der Waals surface area contributed by atoms with Gasteiger partial charge in [0.15, 0.2) is 0 Å². The van der Waals surface area contributed by atoms with Crippen molar-refractivity contribution in [2.45, 2.75) is 42.1 Å². The Morgan fingerprint density at radius 3 is 2.42 bits per heavy atom. The van der Waals surface area contributed by atoms with E-state index in [4.69, 9.17) is 5.14 Å². The molecule has 0 aliphatic carbocycles. The van der Waals surface area contributed by atoms with E-state index in [1.165, 1.54) is 36.0 Å². The number of tetrazole rings is 1. The maximum Gasteiger partial charge on any atom is 0.238 e. The van der Waals surface area contributed by atoms with E-state index in [2.05, 4.69) is 20.8 Å². The molecular formula is C13H18N6O3S2. The van der Waals surface area contributed by atoms with Crippen LogP contribution < -0.4 is 10.5 Å². The number of rotatable bonds is 6. The number of aromatic nitrogens is 4. The molecular weight excluding hydrogens is 352 g/mol. The van der Waals surface area contributed by atoms with E-state index >= 15 is 0 Å². The minimum atomic E-state index is -3.75. The molecule has 11 heteroatoms. The van der Waals surface area contributed by atoms with Gasteiger partial charge in [0.05, 0.1) is 16.2 Å². The molecule has 1 aromatic carbocycles. The van der Waals surface area contributed by atoms with Crippen LogP contribution in [-0.2, 0) is 14.8 Å². The van der Waals surface area contributed by atoms with Crippen molar-refractivity contribution >= 4 is 33.4 Å². The zero-order valence-corrected chi connectivity index (χ0v) is 15.0. The van der Waals surface area contributed by atoms with Crippen LogP contribution in [0.1, 0.15) is 26.8 Å². The fourth-order valence-corrected chi connectivity index (χ4v) is 3.21. The predicted octanol–water partition coefficient (Wildman–Crippen LogP) is 1.02. The second-order valence-electron chi connectivity index (χ2n) is 5.32. The Morgan fingerprint density at radius 1 is 1.25 bits per heavy atom. The molecule has 2 aromatic rings. The van der Waals surface area contributed by atoms with E-state index in [-0.39, 0.29) is 16.8 Å². The van der Waals surface area contributed by atoms with E-state index in [0.29, 0.717) is 10.8 Å². The standard InChI is InChI=1S/C13H18N6O3S2/c1-8(2)19-13(16-17-18-19)23-9(3)12(20)15-10-4-6-11(7-5-10)24(14,21)22/h4-9H,1-3H3,(H,15,20)(H2,14,21,22)/t9-/m1/s1. The molecule has 0 unspecified atom stereocenters. The Bertz CT molecular complexity index is 816. The number of anilines is 1. The van der Waals surface area contributed by atoms with Gasteiger partial charge >= 0.3 is 0 Å². The Kier molecular flexibility index (Phi) is 5.57. The molecule has 2 rings (SSSR count). The molecule has 1 aromatic heterocycles. The second-order valence-corrected chi connectivity index (χ2v) is 8.19. The van der Waals surface area contributed by atoms with Gasteiger partial charge in [0.25, 0.3) is 0 Å². The summed E-state index contributed by atoms with van der Waals surface area (Å²) in [6, 6.07) is 5.72. The highest BCUT2D eigenvalue weighted by molar-refractivity contribution is 8.00. The van der Waals surface area contributed by atoms with Gasteiger partial charge in [0.2, 0.25) is 21.1 Å². The molecule has 1 heterocycles. The molecule has 1 amide bonds. The molecule has 0 spiro atoms. The highest BCUT2D eigenvalue weighted by atomic mass is 32.2. The molecule has 1 atom stereocenters. The van der Waals surface area contributed by atoms with Gasteiger partial charge in [-0.25, -0.2) is 18.2 Å². The molecule has 9 nitrogen and oxygen atoms in total. The molecule has 0 aliphatic rings. The van der Waals surface area contributed by atoms with Crippen molar-refractivity contribution in [2.75, 3.05) is 5.32 Å². The van der Waals surface area contributed by atoms with Crippen molar-refractivity contribution in [1.29, 1.82) is 0 Å². The maximum atomic E-state index is 12.2. The number of primary sulfonamides is 1. The van der Waals surface area contributed by atoms with Gasteiger partial charge in [-0.15, -0.1) is 5.10 Å². The Balaban J connectivity index is 2.02. The first-order valence-electron chi connectivity index (χ1n) is 7.06. The van der Waals surface area contributed by atoms with E-state index in [0.717, 1.165) is 0 Å². The average Bonchev–Trinajstić information content (AvgIpc) is 2.95. The summed E-state index contributed by atoms with van der Waals surface area (Å²) in [7, 11) is -3.75. The van der Waals surface area contributed by atoms with Crippen LogP contribution in [0.3, 0.4) is 0 Å². The van der Waals surface area contributed by atoms with Crippen molar-refractivity contribution in [3.05, 3.63) is 24.3 Å². The number of sulfonamides is 1. The van der Waals surface area contributed by atoms with Crippen molar-refractivity contribution < 1.29 is 13.2 Å². The van der Waals surface area contributed by atoms with Gasteiger partial charge in [-0.1, -0.05) is 11.8 Å². The van der Waals surface area contributed by atoms with Crippen LogP contribution in [0, 0.1) is 0 Å². The van der Waals surface area contributed by atoms with Gasteiger partial charge < -0.3 is 5.32 Å². The molecule has 0 aliphatic heterocycles. The normalized spacial score (nSPS) is 13.0. The van der Waals surface area contributed by atoms with Crippen LogP contribution in [0.5, 0.6) is 0 Å². The average molecular weight is 370 g/mol. The minimum Gasteiger partial charge on any atom is -0.325 e. The Labute approximate surface area is 144 Å². The summed E-state index contributed by atoms with van der Waals surface area (Å²) in [5.41, 5.74) is 0.475. The van der Waals surface area contributed by atoms with Crippen LogP contribution in [0.25, 0.3) is 0 Å². The van der Waals surface area contributed by atoms with Crippen LogP contribution in [-0.4, -0.2) is 39.8 Å². The van der Waals surface area contributed by atoms with E-state index < -0.39 is 15.3 Å². The third kappa shape index (κ3) is 4.52. The fourth-order valence-electron chi connectivity index (χ4n) is 1.77. The third-order valence-corrected chi connectivity index (χ3v) is 5.03. The summed E-state index contributed by atoms with van der Waals surface area (Å²) in [5.74, 6) is -0.248. The smallest absolute Gasteiger partial charge is 0.238 e. The van der Waals surface area contributed by atoms with Crippen LogP contribution in [0.2, 0.25) is 0 Å². The fraction of sp³-hybridized carbons (Fsp3) is 0.385. The van der Waals surface area contributed by atoms with Crippen molar-refractivity contribution in [3.8, 4) is 0 Å². The molecule has 24 heavy (non-hydrogen) atoms. The highest BCUT2D eigenvalue weighted by Gasteiger charge is 2.19. The van der Waals surface area contributed by atoms with Gasteiger partial charge in [0, 0.05) is 5.69 Å². The lowest BCUT2D eigenvalue weighted by Gasteiger charge is -2.13. The lowest BCUT2D eigenvalue weighted by molar-refractivity contribution is -0.115. The molecule has 3 N–H and O–H groups in total. The number of carbonyl (C=O) groups excluding carboxylic acids is 1. The zero-order valence-electron chi connectivity index (χ0n) is 13.4. The molecule has 0 bridgehead atoms. The number of thioether (sulfide) groups is 1. The maximum absolute atomic E-state index is 12.2. The number of hydrogen-bond donors (Lipinski definition) is 2. The van der Waals surface area contributed by atoms with Gasteiger partial charge in [-0.3, -0.25) is 4.79 Å². The second kappa shape index (κ2) is 7.28. The summed E-state index contributed by atoms with van der Waals surface area (Å²) < 4.78 is 24.0. The third-order valence-electron chi connectivity index (χ3n) is 3.05. The van der Waals surface area contributed by atoms with Crippen molar-refractivity contribution in [3.63, 3.8) is 0 Å². The van der Waals surface area contributed by atoms with Crippen LogP contribution >= 0.6 is 11.8 Å². The first kappa shape index (κ1) is 18.4.